The lowest BCUT2D eigenvalue weighted by Crippen LogP contribution is -2.46. The summed E-state index contributed by atoms with van der Waals surface area (Å²) in [5.74, 6) is -0.325. The molecule has 0 radical (unpaired) electrons. The third-order valence-corrected chi connectivity index (χ3v) is 6.03. The minimum absolute atomic E-state index is 0.00178. The number of piperazine rings is 1. The molecule has 31 heavy (non-hydrogen) atoms. The predicted octanol–water partition coefficient (Wildman–Crippen LogP) is 1.88. The molecule has 5 rings (SSSR count). The first-order valence-corrected chi connectivity index (χ1v) is 10.5. The van der Waals surface area contributed by atoms with Gasteiger partial charge in [-0.05, 0) is 48.6 Å². The molecule has 160 valence electrons. The third-order valence-electron chi connectivity index (χ3n) is 6.03. The Kier molecular flexibility index (Phi) is 4.30. The topological polar surface area (TPSA) is 94.2 Å². The molecule has 3 aromatic heterocycles. The number of nitrogens with zero attached hydrogens (tertiary/aromatic N) is 4. The molecule has 8 nitrogen and oxygen atoms in total. The van der Waals surface area contributed by atoms with Gasteiger partial charge >= 0.3 is 0 Å². The first-order chi connectivity index (χ1) is 16.2. The Morgan fingerprint density at radius 1 is 1.19 bits per heavy atom. The van der Waals surface area contributed by atoms with Gasteiger partial charge in [-0.25, -0.2) is 4.98 Å². The smallest absolute Gasteiger partial charge is 0.269 e. The zero-order valence-corrected chi connectivity index (χ0v) is 17.1. The Bertz CT molecular complexity index is 1260. The fourth-order valence-electron chi connectivity index (χ4n) is 4.12. The SMILES string of the molecule is [2H]C([2H])([2H])NC(=O)c1ccc(N2CCN(Cc3cnc4cc(C5CC5)c(=O)[nH]c4c3)CC2)cn1. The number of carbonyl (C=O) groups is 1. The number of H-pyrrole nitrogens is 1. The Morgan fingerprint density at radius 2 is 2.03 bits per heavy atom. The monoisotopic (exact) mass is 421 g/mol. The predicted molar refractivity (Wildman–Crippen MR) is 119 cm³/mol. The maximum atomic E-state index is 12.4. The summed E-state index contributed by atoms with van der Waals surface area (Å²) in [6.07, 6.45) is 5.65. The first-order valence-electron chi connectivity index (χ1n) is 12.0. The number of aromatic amines is 1. The van der Waals surface area contributed by atoms with Gasteiger partial charge in [0.25, 0.3) is 11.5 Å². The van der Waals surface area contributed by atoms with E-state index >= 15 is 0 Å². The van der Waals surface area contributed by atoms with Gasteiger partial charge in [0.05, 0.1) is 22.9 Å². The number of amides is 1. The fraction of sp³-hybridized carbons (Fsp3) is 0.391. The number of anilines is 1. The second-order valence-electron chi connectivity index (χ2n) is 8.22. The van der Waals surface area contributed by atoms with Gasteiger partial charge in [-0.1, -0.05) is 0 Å². The van der Waals surface area contributed by atoms with Crippen molar-refractivity contribution < 1.29 is 8.91 Å². The lowest BCUT2D eigenvalue weighted by molar-refractivity contribution is 0.0958. The van der Waals surface area contributed by atoms with Crippen molar-refractivity contribution in [2.45, 2.75) is 25.3 Å². The summed E-state index contributed by atoms with van der Waals surface area (Å²) in [5, 5.41) is 1.94. The highest BCUT2D eigenvalue weighted by atomic mass is 16.1. The molecule has 0 aromatic carbocycles. The minimum Gasteiger partial charge on any atom is -0.368 e. The van der Waals surface area contributed by atoms with Gasteiger partial charge in [0.15, 0.2) is 0 Å². The normalized spacial score (nSPS) is 19.0. The number of nitrogens with one attached hydrogen (secondary N) is 2. The summed E-state index contributed by atoms with van der Waals surface area (Å²) < 4.78 is 21.4. The molecule has 3 aromatic rings. The van der Waals surface area contributed by atoms with Crippen molar-refractivity contribution in [1.82, 2.24) is 25.2 Å². The molecule has 8 heteroatoms. The largest absolute Gasteiger partial charge is 0.368 e. The van der Waals surface area contributed by atoms with E-state index in [0.29, 0.717) is 5.92 Å². The molecule has 0 atom stereocenters. The highest BCUT2D eigenvalue weighted by Crippen LogP contribution is 2.38. The number of rotatable bonds is 5. The number of aromatic nitrogens is 3. The molecule has 2 fully saturated rings. The lowest BCUT2D eigenvalue weighted by Gasteiger charge is -2.36. The maximum Gasteiger partial charge on any atom is 0.269 e. The van der Waals surface area contributed by atoms with Gasteiger partial charge in [0.2, 0.25) is 0 Å². The van der Waals surface area contributed by atoms with Crippen LogP contribution in [0, 0.1) is 0 Å². The first kappa shape index (κ1) is 16.4. The van der Waals surface area contributed by atoms with Crippen molar-refractivity contribution in [2.75, 3.05) is 38.1 Å². The summed E-state index contributed by atoms with van der Waals surface area (Å²) in [6.45, 7) is 1.49. The van der Waals surface area contributed by atoms with E-state index in [1.807, 2.05) is 23.6 Å². The number of carbonyl (C=O) groups excluding carboxylic acids is 1. The van der Waals surface area contributed by atoms with Crippen LogP contribution in [0.5, 0.6) is 0 Å². The Hall–Kier alpha value is -3.26. The van der Waals surface area contributed by atoms with Crippen LogP contribution in [0.3, 0.4) is 0 Å². The van der Waals surface area contributed by atoms with E-state index in [9.17, 15) is 9.59 Å². The summed E-state index contributed by atoms with van der Waals surface area (Å²) in [5.41, 5.74) is 4.48. The van der Waals surface area contributed by atoms with Crippen molar-refractivity contribution in [3.05, 3.63) is 63.8 Å². The molecule has 0 spiro atoms. The van der Waals surface area contributed by atoms with E-state index in [1.54, 1.807) is 18.3 Å². The number of hydrogen-bond acceptors (Lipinski definition) is 6. The molecule has 2 aliphatic rings. The second-order valence-corrected chi connectivity index (χ2v) is 8.22. The van der Waals surface area contributed by atoms with Gasteiger partial charge in [0.1, 0.15) is 5.69 Å². The molecule has 1 amide bonds. The number of hydrogen-bond donors (Lipinski definition) is 2. The van der Waals surface area contributed by atoms with E-state index in [4.69, 9.17) is 4.11 Å². The number of pyridine rings is 3. The molecule has 0 bridgehead atoms. The Labute approximate surface area is 184 Å². The van der Waals surface area contributed by atoms with E-state index in [-0.39, 0.29) is 11.3 Å². The van der Waals surface area contributed by atoms with Crippen molar-refractivity contribution in [2.24, 2.45) is 0 Å². The molecular weight excluding hydrogens is 392 g/mol. The van der Waals surface area contributed by atoms with Crippen molar-refractivity contribution in [1.29, 1.82) is 0 Å². The summed E-state index contributed by atoms with van der Waals surface area (Å²) >= 11 is 0. The lowest BCUT2D eigenvalue weighted by atomic mass is 10.1. The van der Waals surface area contributed by atoms with Crippen molar-refractivity contribution in [3.63, 3.8) is 0 Å². The van der Waals surface area contributed by atoms with Crippen LogP contribution in [0.2, 0.25) is 0 Å². The van der Waals surface area contributed by atoms with Crippen molar-refractivity contribution >= 4 is 22.6 Å². The summed E-state index contributed by atoms with van der Waals surface area (Å²) in [7, 11) is 0. The van der Waals surface area contributed by atoms with Crippen LogP contribution in [0.4, 0.5) is 5.69 Å². The quantitative estimate of drug-likeness (QED) is 0.653. The van der Waals surface area contributed by atoms with E-state index in [1.165, 1.54) is 0 Å². The van der Waals surface area contributed by atoms with Crippen LogP contribution in [0.25, 0.3) is 11.0 Å². The second kappa shape index (κ2) is 8.11. The summed E-state index contributed by atoms with van der Waals surface area (Å²) in [4.78, 5) is 40.5. The van der Waals surface area contributed by atoms with Crippen LogP contribution >= 0.6 is 0 Å². The van der Waals surface area contributed by atoms with E-state index in [2.05, 4.69) is 24.8 Å². The highest BCUT2D eigenvalue weighted by Gasteiger charge is 2.26. The average Bonchev–Trinajstić information content (AvgIpc) is 3.63. The van der Waals surface area contributed by atoms with Crippen LogP contribution in [0.15, 0.2) is 41.5 Å². The molecule has 4 heterocycles. The van der Waals surface area contributed by atoms with Crippen molar-refractivity contribution in [3.8, 4) is 0 Å². The van der Waals surface area contributed by atoms with Gasteiger partial charge in [0, 0.05) is 55.6 Å². The standard InChI is InChI=1S/C23H26N6O2/c1-24-23(31)19-5-4-17(13-26-19)29-8-6-28(7-9-29)14-15-10-21-20(25-12-15)11-18(16-2-3-16)22(30)27-21/h4-5,10-13,16H,2-3,6-9,14H2,1H3,(H,24,31)(H,27,30)/i1D3. The average molecular weight is 422 g/mol. The van der Waals surface area contributed by atoms with Gasteiger partial charge in [-0.15, -0.1) is 0 Å². The molecular formula is C23H26N6O2. The maximum absolute atomic E-state index is 12.4. The minimum atomic E-state index is -2.54. The molecule has 1 saturated carbocycles. The van der Waals surface area contributed by atoms with Gasteiger partial charge < -0.3 is 15.2 Å². The number of fused-ring (bicyclic) bond motifs is 1. The third kappa shape index (κ3) is 4.16. The van der Waals surface area contributed by atoms with Crippen LogP contribution in [-0.4, -0.2) is 58.9 Å². The molecule has 1 saturated heterocycles. The van der Waals surface area contributed by atoms with Crippen LogP contribution in [-0.2, 0) is 6.54 Å². The molecule has 1 aliphatic heterocycles. The molecule has 2 N–H and O–H groups in total. The Morgan fingerprint density at radius 3 is 2.74 bits per heavy atom. The zero-order chi connectivity index (χ0) is 23.9. The molecule has 1 aliphatic carbocycles. The fourth-order valence-corrected chi connectivity index (χ4v) is 4.12. The van der Waals surface area contributed by atoms with Gasteiger partial charge in [-0.2, -0.15) is 0 Å². The van der Waals surface area contributed by atoms with Crippen LogP contribution < -0.4 is 15.8 Å². The van der Waals surface area contributed by atoms with Gasteiger partial charge in [-0.3, -0.25) is 19.5 Å². The highest BCUT2D eigenvalue weighted by molar-refractivity contribution is 5.92. The molecule has 0 unspecified atom stereocenters. The summed E-state index contributed by atoms with van der Waals surface area (Å²) in [6, 6.07) is 7.27. The van der Waals surface area contributed by atoms with E-state index in [0.717, 1.165) is 73.4 Å². The van der Waals surface area contributed by atoms with Crippen LogP contribution in [0.1, 0.15) is 44.5 Å². The Balaban J connectivity index is 1.18. The zero-order valence-electron chi connectivity index (χ0n) is 20.1. The van der Waals surface area contributed by atoms with E-state index < -0.39 is 12.9 Å².